The number of rotatable bonds is 10. The molecule has 0 radical (unpaired) electrons. The summed E-state index contributed by atoms with van der Waals surface area (Å²) in [4.78, 5) is 12.0. The number of esters is 1. The van der Waals surface area contributed by atoms with Gasteiger partial charge in [0.2, 0.25) is 0 Å². The minimum absolute atomic E-state index is 0.0209. The predicted molar refractivity (Wildman–Crippen MR) is 200 cm³/mol. The molecule has 22 atom stereocenters. The lowest BCUT2D eigenvalue weighted by atomic mass is 9.41. The fraction of sp³-hybridized carbons (Fsp3) is 0.927. The lowest BCUT2D eigenvalue weighted by Gasteiger charge is -2.66. The van der Waals surface area contributed by atoms with E-state index in [4.69, 9.17) is 33.2 Å². The van der Waals surface area contributed by atoms with Gasteiger partial charge in [-0.05, 0) is 81.6 Å². The fourth-order valence-corrected chi connectivity index (χ4v) is 12.9. The van der Waals surface area contributed by atoms with Crippen molar-refractivity contribution in [1.82, 2.24) is 0 Å². The second-order valence-electron chi connectivity index (χ2n) is 19.1. The number of fused-ring (bicyclic) bond motifs is 5. The van der Waals surface area contributed by atoms with Gasteiger partial charge in [0.05, 0.1) is 49.3 Å². The van der Waals surface area contributed by atoms with E-state index in [9.17, 15) is 61.0 Å². The Kier molecular flexibility index (Phi) is 12.7. The second kappa shape index (κ2) is 16.8. The third kappa shape index (κ3) is 7.30. The van der Waals surface area contributed by atoms with Crippen LogP contribution < -0.4 is 0 Å². The van der Waals surface area contributed by atoms with E-state index in [1.54, 1.807) is 13.0 Å². The van der Waals surface area contributed by atoms with Crippen LogP contribution in [0.4, 0.5) is 0 Å². The van der Waals surface area contributed by atoms with Crippen molar-refractivity contribution >= 4 is 5.97 Å². The monoisotopic (exact) mass is 860 g/mol. The van der Waals surface area contributed by atoms with E-state index in [1.807, 2.05) is 0 Å². The van der Waals surface area contributed by atoms with E-state index in [0.29, 0.717) is 44.9 Å². The molecule has 19 nitrogen and oxygen atoms in total. The highest BCUT2D eigenvalue weighted by Crippen LogP contribution is 2.70. The quantitative estimate of drug-likeness (QED) is 0.0782. The number of carbonyl (C=O) groups is 1. The van der Waals surface area contributed by atoms with Gasteiger partial charge in [-0.15, -0.1) is 0 Å². The number of cyclic esters (lactones) is 1. The minimum Gasteiger partial charge on any atom is -0.458 e. The Morgan fingerprint density at radius 3 is 2.12 bits per heavy atom. The van der Waals surface area contributed by atoms with E-state index in [-0.39, 0.29) is 49.8 Å². The van der Waals surface area contributed by atoms with Gasteiger partial charge in [-0.2, -0.15) is 0 Å². The zero-order valence-corrected chi connectivity index (χ0v) is 34.1. The highest BCUT2D eigenvalue weighted by atomic mass is 16.7. The second-order valence-corrected chi connectivity index (χ2v) is 19.1. The predicted octanol–water partition coefficient (Wildman–Crippen LogP) is -2.78. The van der Waals surface area contributed by atoms with Gasteiger partial charge in [0.25, 0.3) is 0 Å². The molecule has 8 rings (SSSR count). The van der Waals surface area contributed by atoms with Crippen LogP contribution in [0.3, 0.4) is 0 Å². The molecular weight excluding hydrogens is 796 g/mol. The van der Waals surface area contributed by atoms with Gasteiger partial charge in [-0.1, -0.05) is 6.92 Å². The maximum Gasteiger partial charge on any atom is 0.331 e. The summed E-state index contributed by atoms with van der Waals surface area (Å²) in [5.41, 5.74) is -2.69. The molecule has 19 heteroatoms. The van der Waals surface area contributed by atoms with E-state index in [2.05, 4.69) is 6.92 Å². The molecule has 0 bridgehead atoms. The molecule has 0 aromatic carbocycles. The molecule has 60 heavy (non-hydrogen) atoms. The maximum atomic E-state index is 12.6. The molecule has 7 fully saturated rings. The largest absolute Gasteiger partial charge is 0.458 e. The summed E-state index contributed by atoms with van der Waals surface area (Å²) >= 11 is 0. The van der Waals surface area contributed by atoms with Crippen LogP contribution in [0, 0.1) is 28.6 Å². The van der Waals surface area contributed by atoms with E-state index < -0.39 is 127 Å². The van der Waals surface area contributed by atoms with Crippen molar-refractivity contribution in [2.45, 2.75) is 181 Å². The van der Waals surface area contributed by atoms with Crippen LogP contribution in [0.5, 0.6) is 0 Å². The number of aliphatic hydroxyl groups is 11. The van der Waals surface area contributed by atoms with Gasteiger partial charge >= 0.3 is 5.97 Å². The first-order valence-electron chi connectivity index (χ1n) is 21.6. The zero-order valence-electron chi connectivity index (χ0n) is 34.1. The standard InChI is InChI=1S/C41H64O19/c1-18-35(60-37-34(51)32(49)30(47)26(59-37)16-55-36-33(50)31(48)29(46)25(14-42)58-36)24(44)12-28(56-18)57-20-3-8-39(17-43)22-4-7-38(2)21(19-11-27(45)54-15-19)6-10-41(38,53)23(22)5-9-40(39,52)13-20/h11,18,20-26,28-37,42-44,46-53H,3-10,12-17H2,1-2H3/t18-,20+,21+,22+,23-,24+,25-,26-,28+,29-,30-,31+,32+,33-,34-,35-,36-,37+,38-,39+,40+,41+/m1/s1. The van der Waals surface area contributed by atoms with Crippen LogP contribution >= 0.6 is 0 Å². The summed E-state index contributed by atoms with van der Waals surface area (Å²) in [5, 5.41) is 120. The van der Waals surface area contributed by atoms with Crippen LogP contribution in [0.2, 0.25) is 0 Å². The van der Waals surface area contributed by atoms with Crippen molar-refractivity contribution < 1.29 is 94.1 Å². The van der Waals surface area contributed by atoms with Crippen molar-refractivity contribution in [2.24, 2.45) is 28.6 Å². The molecule has 4 aliphatic heterocycles. The third-order valence-electron chi connectivity index (χ3n) is 16.3. The van der Waals surface area contributed by atoms with Gasteiger partial charge in [-0.3, -0.25) is 0 Å². The van der Waals surface area contributed by atoms with Crippen molar-refractivity contribution in [3.8, 4) is 0 Å². The van der Waals surface area contributed by atoms with Crippen LogP contribution in [0.15, 0.2) is 11.6 Å². The molecule has 11 N–H and O–H groups in total. The summed E-state index contributed by atoms with van der Waals surface area (Å²) in [5.74, 6) is -0.591. The topological polar surface area (TPSA) is 304 Å². The first kappa shape index (κ1) is 45.1. The number of carbonyl (C=O) groups excluding carboxylic acids is 1. The molecule has 4 saturated carbocycles. The molecule has 8 aliphatic rings. The normalized spacial score (nSPS) is 54.4. The van der Waals surface area contributed by atoms with Gasteiger partial charge < -0.3 is 89.3 Å². The number of hydrogen-bond acceptors (Lipinski definition) is 19. The molecule has 0 aromatic heterocycles. The molecule has 342 valence electrons. The molecule has 4 aliphatic carbocycles. The van der Waals surface area contributed by atoms with Crippen molar-refractivity contribution in [3.63, 3.8) is 0 Å². The minimum atomic E-state index is -1.79. The van der Waals surface area contributed by atoms with Crippen LogP contribution in [-0.2, 0) is 38.0 Å². The number of hydrogen-bond donors (Lipinski definition) is 11. The lowest BCUT2D eigenvalue weighted by molar-refractivity contribution is -0.355. The average molecular weight is 861 g/mol. The van der Waals surface area contributed by atoms with E-state index in [1.165, 1.54) is 0 Å². The molecule has 0 aromatic rings. The average Bonchev–Trinajstić information content (AvgIpc) is 3.76. The van der Waals surface area contributed by atoms with Crippen molar-refractivity contribution in [2.75, 3.05) is 26.4 Å². The maximum absolute atomic E-state index is 12.6. The van der Waals surface area contributed by atoms with Gasteiger partial charge in [-0.25, -0.2) is 4.79 Å². The van der Waals surface area contributed by atoms with E-state index in [0.717, 1.165) is 12.0 Å². The Hall–Kier alpha value is -1.47. The highest BCUT2D eigenvalue weighted by Gasteiger charge is 2.71. The zero-order chi connectivity index (χ0) is 43.1. The van der Waals surface area contributed by atoms with Crippen LogP contribution in [0.1, 0.15) is 78.1 Å². The first-order chi connectivity index (χ1) is 28.4. The lowest BCUT2D eigenvalue weighted by Crippen LogP contribution is -2.69. The number of ether oxygens (including phenoxy) is 7. The van der Waals surface area contributed by atoms with Crippen LogP contribution in [-0.4, -0.2) is 192 Å². The molecular formula is C41H64O19. The Labute approximate surface area is 347 Å². The first-order valence-corrected chi connectivity index (χ1v) is 21.6. The number of aliphatic hydroxyl groups excluding tert-OH is 9. The third-order valence-corrected chi connectivity index (χ3v) is 16.3. The Morgan fingerprint density at radius 1 is 0.767 bits per heavy atom. The molecule has 0 unspecified atom stereocenters. The molecule has 0 spiro atoms. The molecule has 3 saturated heterocycles. The Morgan fingerprint density at radius 2 is 1.45 bits per heavy atom. The SMILES string of the molecule is C[C@H]1O[C@@H](O[C@H]2CC[C@]3(CO)[C@H]4CC[C@]5(C)[C@H](C6=CC(=O)OC6)CC[C@]5(O)[C@@H]4CC[C@]3(O)C2)C[C@H](O)[C@@H]1O[C@@H]1O[C@H](CO[C@@H]2O[C@H](CO)[C@@H](O)[C@H](O)[C@H]2O)[C@@H](O)[C@H](O)[C@H]1O. The molecule has 4 heterocycles. The summed E-state index contributed by atoms with van der Waals surface area (Å²) in [6, 6.07) is 0. The fourth-order valence-electron chi connectivity index (χ4n) is 12.9. The summed E-state index contributed by atoms with van der Waals surface area (Å²) in [6.07, 6.45) is -14.2. The highest BCUT2D eigenvalue weighted by molar-refractivity contribution is 5.85. The summed E-state index contributed by atoms with van der Waals surface area (Å²) in [6.45, 7) is 2.52. The Balaban J connectivity index is 0.871. The van der Waals surface area contributed by atoms with Gasteiger partial charge in [0, 0.05) is 29.7 Å². The van der Waals surface area contributed by atoms with Crippen LogP contribution in [0.25, 0.3) is 0 Å². The molecule has 0 amide bonds. The van der Waals surface area contributed by atoms with Crippen molar-refractivity contribution in [1.29, 1.82) is 0 Å². The summed E-state index contributed by atoms with van der Waals surface area (Å²) < 4.78 is 40.3. The van der Waals surface area contributed by atoms with Gasteiger partial charge in [0.1, 0.15) is 61.5 Å². The van der Waals surface area contributed by atoms with E-state index >= 15 is 0 Å². The van der Waals surface area contributed by atoms with Gasteiger partial charge in [0.15, 0.2) is 18.9 Å². The Bertz CT molecular complexity index is 1570. The van der Waals surface area contributed by atoms with Crippen molar-refractivity contribution in [3.05, 3.63) is 11.6 Å². The smallest absolute Gasteiger partial charge is 0.331 e. The summed E-state index contributed by atoms with van der Waals surface area (Å²) in [7, 11) is 0.